The molecule has 182 valence electrons. The maximum atomic E-state index is 15.2. The Bertz CT molecular complexity index is 1280. The molecule has 1 aromatic carbocycles. The molecule has 1 aliphatic carbocycles. The number of anilines is 2. The molecule has 35 heavy (non-hydrogen) atoms. The average molecular weight is 482 g/mol. The lowest BCUT2D eigenvalue weighted by atomic mass is 10.1. The van der Waals surface area contributed by atoms with Crippen LogP contribution in [0.25, 0.3) is 6.08 Å². The standard InChI is InChI=1S/C26H26F3N5O/c1-3-4-16-11-22(30-14-16)31-23-13-24(34-7-5-17(27)6-8-34)33-26(32-23)35-21-12-20(28)18-9-15(2)10-19(18)25(21)29/h3-4,10-13,17H,5-9,14H2,1-2H3,(H,30,31,32,33)/b4-3+. The van der Waals surface area contributed by atoms with Gasteiger partial charge in [0.05, 0.1) is 6.54 Å². The molecule has 0 radical (unpaired) electrons. The summed E-state index contributed by atoms with van der Waals surface area (Å²) in [5, 5.41) is 3.15. The molecule has 0 unspecified atom stereocenters. The van der Waals surface area contributed by atoms with Crippen LogP contribution in [-0.4, -0.2) is 41.6 Å². The first-order chi connectivity index (χ1) is 16.9. The quantitative estimate of drug-likeness (QED) is 0.587. The van der Waals surface area contributed by atoms with Gasteiger partial charge in [-0.15, -0.1) is 0 Å². The first kappa shape index (κ1) is 23.1. The van der Waals surface area contributed by atoms with Gasteiger partial charge in [0.2, 0.25) is 0 Å². The summed E-state index contributed by atoms with van der Waals surface area (Å²) in [4.78, 5) is 15.2. The van der Waals surface area contributed by atoms with Crippen molar-refractivity contribution in [1.29, 1.82) is 0 Å². The molecule has 0 saturated carbocycles. The lowest BCUT2D eigenvalue weighted by Crippen LogP contribution is -2.35. The fraction of sp³-hybridized carbons (Fsp3) is 0.346. The molecule has 6 nitrogen and oxygen atoms in total. The average Bonchev–Trinajstić information content (AvgIpc) is 3.44. The highest BCUT2D eigenvalue weighted by molar-refractivity contribution is 6.05. The number of halogens is 3. The number of fused-ring (bicyclic) bond motifs is 1. The molecule has 1 fully saturated rings. The van der Waals surface area contributed by atoms with E-state index in [4.69, 9.17) is 4.74 Å². The number of aromatic nitrogens is 2. The Kier molecular flexibility index (Phi) is 6.32. The largest absolute Gasteiger partial charge is 0.421 e. The number of nitrogens with zero attached hydrogens (tertiary/aromatic N) is 4. The van der Waals surface area contributed by atoms with Crippen molar-refractivity contribution in [3.05, 3.63) is 64.3 Å². The van der Waals surface area contributed by atoms with Crippen LogP contribution in [0.4, 0.5) is 24.8 Å². The molecule has 2 aliphatic heterocycles. The second kappa shape index (κ2) is 9.56. The van der Waals surface area contributed by atoms with Crippen molar-refractivity contribution >= 4 is 23.5 Å². The minimum Gasteiger partial charge on any atom is -0.421 e. The number of hydrogen-bond acceptors (Lipinski definition) is 6. The summed E-state index contributed by atoms with van der Waals surface area (Å²) in [6.07, 6.45) is 7.75. The molecule has 0 atom stereocenters. The first-order valence-electron chi connectivity index (χ1n) is 11.7. The minimum atomic E-state index is -0.843. The van der Waals surface area contributed by atoms with Crippen molar-refractivity contribution in [1.82, 2.24) is 9.97 Å². The molecule has 0 bridgehead atoms. The Morgan fingerprint density at radius 1 is 1.14 bits per heavy atom. The Morgan fingerprint density at radius 2 is 1.94 bits per heavy atom. The SMILES string of the molecule is C/C=C/C1=CC(Nc2cc(N3CCC(F)CC3)nc(Oc3cc(F)c4c(c3F)C=C(C)C4)n2)=NC1. The molecule has 1 N–H and O–H groups in total. The van der Waals surface area contributed by atoms with Crippen LogP contribution >= 0.6 is 0 Å². The van der Waals surface area contributed by atoms with E-state index >= 15 is 4.39 Å². The van der Waals surface area contributed by atoms with E-state index in [0.717, 1.165) is 17.2 Å². The third-order valence-corrected chi connectivity index (χ3v) is 6.20. The third kappa shape index (κ3) is 4.94. The number of amidine groups is 1. The smallest absolute Gasteiger partial charge is 0.326 e. The summed E-state index contributed by atoms with van der Waals surface area (Å²) < 4.78 is 49.2. The van der Waals surface area contributed by atoms with Gasteiger partial charge in [0, 0.05) is 36.3 Å². The van der Waals surface area contributed by atoms with E-state index in [-0.39, 0.29) is 17.3 Å². The molecule has 5 rings (SSSR count). The number of nitrogens with one attached hydrogen (secondary N) is 1. The van der Waals surface area contributed by atoms with Gasteiger partial charge in [0.15, 0.2) is 11.6 Å². The van der Waals surface area contributed by atoms with Crippen molar-refractivity contribution in [2.75, 3.05) is 29.9 Å². The predicted molar refractivity (Wildman–Crippen MR) is 131 cm³/mol. The van der Waals surface area contributed by atoms with E-state index in [9.17, 15) is 8.78 Å². The van der Waals surface area contributed by atoms with E-state index in [0.29, 0.717) is 61.9 Å². The molecular formula is C26H26F3N5O. The van der Waals surface area contributed by atoms with Crippen LogP contribution < -0.4 is 15.0 Å². The predicted octanol–water partition coefficient (Wildman–Crippen LogP) is 5.77. The summed E-state index contributed by atoms with van der Waals surface area (Å²) in [7, 11) is 0. The van der Waals surface area contributed by atoms with Crippen LogP contribution in [0.15, 0.2) is 46.5 Å². The summed E-state index contributed by atoms with van der Waals surface area (Å²) in [6.45, 7) is 5.27. The van der Waals surface area contributed by atoms with Gasteiger partial charge in [-0.1, -0.05) is 23.8 Å². The molecular weight excluding hydrogens is 455 g/mol. The Labute approximate surface area is 201 Å². The van der Waals surface area contributed by atoms with Crippen LogP contribution in [0, 0.1) is 11.6 Å². The monoisotopic (exact) mass is 481 g/mol. The summed E-state index contributed by atoms with van der Waals surface area (Å²) in [6, 6.07) is 2.62. The molecule has 9 heteroatoms. The van der Waals surface area contributed by atoms with Gasteiger partial charge in [-0.3, -0.25) is 4.99 Å². The van der Waals surface area contributed by atoms with E-state index in [2.05, 4.69) is 20.3 Å². The molecule has 0 amide bonds. The Balaban J connectivity index is 1.47. The van der Waals surface area contributed by atoms with Gasteiger partial charge in [-0.25, -0.2) is 13.2 Å². The zero-order valence-corrected chi connectivity index (χ0v) is 19.6. The Hall–Kier alpha value is -3.62. The van der Waals surface area contributed by atoms with Crippen LogP contribution in [-0.2, 0) is 6.42 Å². The lowest BCUT2D eigenvalue weighted by molar-refractivity contribution is 0.276. The van der Waals surface area contributed by atoms with Gasteiger partial charge in [0.25, 0.3) is 0 Å². The maximum Gasteiger partial charge on any atom is 0.326 e. The Morgan fingerprint density at radius 3 is 2.71 bits per heavy atom. The number of rotatable bonds is 5. The maximum absolute atomic E-state index is 15.2. The van der Waals surface area contributed by atoms with Crippen LogP contribution in [0.5, 0.6) is 11.8 Å². The third-order valence-electron chi connectivity index (χ3n) is 6.20. The number of benzene rings is 1. The zero-order chi connectivity index (χ0) is 24.5. The molecule has 0 spiro atoms. The summed E-state index contributed by atoms with van der Waals surface area (Å²) >= 11 is 0. The topological polar surface area (TPSA) is 62.6 Å². The molecule has 1 aromatic heterocycles. The molecule has 1 saturated heterocycles. The fourth-order valence-corrected chi connectivity index (χ4v) is 4.47. The van der Waals surface area contributed by atoms with Crippen molar-refractivity contribution in [2.24, 2.45) is 4.99 Å². The number of ether oxygens (including phenoxy) is 1. The fourth-order valence-electron chi connectivity index (χ4n) is 4.47. The van der Waals surface area contributed by atoms with Gasteiger partial charge >= 0.3 is 6.01 Å². The number of piperidine rings is 1. The number of alkyl halides is 1. The highest BCUT2D eigenvalue weighted by Crippen LogP contribution is 2.36. The van der Waals surface area contributed by atoms with Crippen LogP contribution in [0.2, 0.25) is 0 Å². The van der Waals surface area contributed by atoms with Gasteiger partial charge < -0.3 is 15.0 Å². The normalized spacial score (nSPS) is 18.0. The van der Waals surface area contributed by atoms with Crippen molar-refractivity contribution in [2.45, 2.75) is 39.3 Å². The zero-order valence-electron chi connectivity index (χ0n) is 19.6. The van der Waals surface area contributed by atoms with Gasteiger partial charge in [-0.2, -0.15) is 9.97 Å². The van der Waals surface area contributed by atoms with Crippen LogP contribution in [0.3, 0.4) is 0 Å². The minimum absolute atomic E-state index is 0.138. The first-order valence-corrected chi connectivity index (χ1v) is 11.7. The van der Waals surface area contributed by atoms with Gasteiger partial charge in [-0.05, 0) is 44.8 Å². The van der Waals surface area contributed by atoms with Crippen molar-refractivity contribution in [3.63, 3.8) is 0 Å². The lowest BCUT2D eigenvalue weighted by Gasteiger charge is -2.29. The highest BCUT2D eigenvalue weighted by Gasteiger charge is 2.25. The number of allylic oxidation sites excluding steroid dienone is 2. The molecule has 3 heterocycles. The second-order valence-electron chi connectivity index (χ2n) is 8.93. The van der Waals surface area contributed by atoms with Crippen molar-refractivity contribution in [3.8, 4) is 11.8 Å². The summed E-state index contributed by atoms with van der Waals surface area (Å²) in [5.41, 5.74) is 2.43. The second-order valence-corrected chi connectivity index (χ2v) is 8.93. The van der Waals surface area contributed by atoms with E-state index in [1.165, 1.54) is 0 Å². The highest BCUT2D eigenvalue weighted by atomic mass is 19.1. The van der Waals surface area contributed by atoms with E-state index < -0.39 is 17.8 Å². The molecule has 3 aliphatic rings. The van der Waals surface area contributed by atoms with Gasteiger partial charge in [0.1, 0.15) is 29.5 Å². The molecule has 2 aromatic rings. The van der Waals surface area contributed by atoms with Crippen molar-refractivity contribution < 1.29 is 17.9 Å². The number of aliphatic imine (C=N–C) groups is 1. The van der Waals surface area contributed by atoms with Crippen LogP contribution in [0.1, 0.15) is 37.8 Å². The van der Waals surface area contributed by atoms with E-state index in [1.807, 2.05) is 37.0 Å². The number of hydrogen-bond donors (Lipinski definition) is 1. The summed E-state index contributed by atoms with van der Waals surface area (Å²) in [5.74, 6) is 0.0446. The van der Waals surface area contributed by atoms with E-state index in [1.54, 1.807) is 12.1 Å².